The quantitative estimate of drug-likeness (QED) is 0.519. The fraction of sp³-hybridized carbons (Fsp3) is 1.00. The first-order valence-electron chi connectivity index (χ1n) is 7.52. The molecular formula is C15H32O2. The summed E-state index contributed by atoms with van der Waals surface area (Å²) in [5, 5.41) is 9.63. The van der Waals surface area contributed by atoms with Crippen molar-refractivity contribution in [1.29, 1.82) is 0 Å². The summed E-state index contributed by atoms with van der Waals surface area (Å²) in [6.07, 6.45) is 10.8. The molecule has 2 nitrogen and oxygen atoms in total. The summed E-state index contributed by atoms with van der Waals surface area (Å²) in [7, 11) is 0. The Hall–Kier alpha value is -0.0800. The van der Waals surface area contributed by atoms with Gasteiger partial charge in [-0.2, -0.15) is 0 Å². The van der Waals surface area contributed by atoms with Crippen molar-refractivity contribution in [3.63, 3.8) is 0 Å². The van der Waals surface area contributed by atoms with Gasteiger partial charge in [-0.3, -0.25) is 0 Å². The molecule has 2 atom stereocenters. The van der Waals surface area contributed by atoms with Gasteiger partial charge < -0.3 is 9.84 Å². The second kappa shape index (κ2) is 12.4. The average Bonchev–Trinajstić information content (AvgIpc) is 2.31. The Labute approximate surface area is 108 Å². The van der Waals surface area contributed by atoms with Gasteiger partial charge in [-0.1, -0.05) is 58.8 Å². The lowest BCUT2D eigenvalue weighted by atomic mass is 10.0. The number of hydrogen-bond donors (Lipinski definition) is 1. The maximum absolute atomic E-state index is 9.63. The summed E-state index contributed by atoms with van der Waals surface area (Å²) < 4.78 is 5.72. The summed E-state index contributed by atoms with van der Waals surface area (Å²) in [6, 6.07) is 0. The second-order valence-electron chi connectivity index (χ2n) is 5.06. The molecule has 0 saturated carbocycles. The first kappa shape index (κ1) is 16.9. The van der Waals surface area contributed by atoms with Crippen molar-refractivity contribution >= 4 is 0 Å². The van der Waals surface area contributed by atoms with Crippen molar-refractivity contribution < 1.29 is 9.84 Å². The minimum atomic E-state index is -0.331. The lowest BCUT2D eigenvalue weighted by molar-refractivity contribution is -0.0354. The number of aliphatic hydroxyl groups excluding tert-OH is 1. The van der Waals surface area contributed by atoms with Crippen LogP contribution in [0.2, 0.25) is 0 Å². The zero-order chi connectivity index (χ0) is 12.9. The Balaban J connectivity index is 3.49. The Morgan fingerprint density at radius 2 is 1.47 bits per heavy atom. The molecule has 0 aromatic heterocycles. The topological polar surface area (TPSA) is 29.5 Å². The van der Waals surface area contributed by atoms with Crippen molar-refractivity contribution in [1.82, 2.24) is 0 Å². The molecule has 2 heteroatoms. The highest BCUT2D eigenvalue weighted by molar-refractivity contribution is 4.65. The molecule has 0 amide bonds. The van der Waals surface area contributed by atoms with Gasteiger partial charge in [-0.15, -0.1) is 0 Å². The molecule has 0 rings (SSSR count). The number of aliphatic hydroxyl groups is 1. The number of unbranched alkanes of at least 4 members (excludes halogenated alkanes) is 6. The molecule has 0 bridgehead atoms. The van der Waals surface area contributed by atoms with Gasteiger partial charge in [0.1, 0.15) is 0 Å². The zero-order valence-corrected chi connectivity index (χ0v) is 12.1. The third-order valence-corrected chi connectivity index (χ3v) is 3.21. The molecule has 0 heterocycles. The van der Waals surface area contributed by atoms with E-state index in [-0.39, 0.29) is 12.2 Å². The number of hydrogen-bond acceptors (Lipinski definition) is 2. The van der Waals surface area contributed by atoms with E-state index < -0.39 is 0 Å². The van der Waals surface area contributed by atoms with Crippen molar-refractivity contribution in [3.8, 4) is 0 Å². The first-order chi connectivity index (χ1) is 8.22. The van der Waals surface area contributed by atoms with Gasteiger partial charge in [0.05, 0.1) is 12.2 Å². The Morgan fingerprint density at radius 3 is 2.06 bits per heavy atom. The van der Waals surface area contributed by atoms with Gasteiger partial charge in [0.25, 0.3) is 0 Å². The molecule has 0 aliphatic carbocycles. The Kier molecular flexibility index (Phi) is 12.3. The maximum Gasteiger partial charge on any atom is 0.0831 e. The molecule has 0 fully saturated rings. The summed E-state index contributed by atoms with van der Waals surface area (Å²) in [5.41, 5.74) is 0. The lowest BCUT2D eigenvalue weighted by Gasteiger charge is -2.20. The molecular weight excluding hydrogens is 212 g/mol. The van der Waals surface area contributed by atoms with Gasteiger partial charge in [-0.25, -0.2) is 0 Å². The van der Waals surface area contributed by atoms with E-state index in [1.165, 1.54) is 38.5 Å². The third-order valence-electron chi connectivity index (χ3n) is 3.21. The molecule has 0 spiro atoms. The molecule has 0 aliphatic rings. The van der Waals surface area contributed by atoms with E-state index in [0.29, 0.717) is 0 Å². The van der Waals surface area contributed by atoms with Crippen LogP contribution in [0.25, 0.3) is 0 Å². The molecule has 104 valence electrons. The average molecular weight is 244 g/mol. The van der Waals surface area contributed by atoms with Crippen LogP contribution in [-0.4, -0.2) is 23.9 Å². The predicted molar refractivity (Wildman–Crippen MR) is 74.3 cm³/mol. The summed E-state index contributed by atoms with van der Waals surface area (Å²) in [5.74, 6) is 0. The van der Waals surface area contributed by atoms with Crippen LogP contribution >= 0.6 is 0 Å². The highest BCUT2D eigenvalue weighted by Gasteiger charge is 2.14. The van der Waals surface area contributed by atoms with E-state index in [2.05, 4.69) is 13.8 Å². The largest absolute Gasteiger partial charge is 0.391 e. The summed E-state index contributed by atoms with van der Waals surface area (Å²) in [4.78, 5) is 0. The van der Waals surface area contributed by atoms with Crippen LogP contribution in [0.3, 0.4) is 0 Å². The minimum Gasteiger partial charge on any atom is -0.391 e. The van der Waals surface area contributed by atoms with E-state index in [0.717, 1.165) is 25.9 Å². The van der Waals surface area contributed by atoms with Crippen LogP contribution in [0.4, 0.5) is 0 Å². The maximum atomic E-state index is 9.63. The predicted octanol–water partition coefficient (Wildman–Crippen LogP) is 4.30. The number of ether oxygens (including phenoxy) is 1. The standard InChI is InChI=1S/C15H32O2/c1-4-6-8-9-10-11-12-15(14(3)16)17-13-7-5-2/h14-16H,4-13H2,1-3H3. The molecule has 1 N–H and O–H groups in total. The van der Waals surface area contributed by atoms with Crippen LogP contribution in [0.5, 0.6) is 0 Å². The van der Waals surface area contributed by atoms with Crippen LogP contribution in [0.15, 0.2) is 0 Å². The van der Waals surface area contributed by atoms with E-state index >= 15 is 0 Å². The third kappa shape index (κ3) is 10.8. The minimum absolute atomic E-state index is 0.0488. The second-order valence-corrected chi connectivity index (χ2v) is 5.06. The van der Waals surface area contributed by atoms with Crippen molar-refractivity contribution in [2.75, 3.05) is 6.61 Å². The zero-order valence-electron chi connectivity index (χ0n) is 12.1. The van der Waals surface area contributed by atoms with Crippen LogP contribution in [0.1, 0.15) is 78.6 Å². The highest BCUT2D eigenvalue weighted by Crippen LogP contribution is 2.13. The van der Waals surface area contributed by atoms with E-state index in [9.17, 15) is 5.11 Å². The monoisotopic (exact) mass is 244 g/mol. The summed E-state index contributed by atoms with van der Waals surface area (Å²) in [6.45, 7) is 7.04. The lowest BCUT2D eigenvalue weighted by Crippen LogP contribution is -2.26. The van der Waals surface area contributed by atoms with Crippen molar-refractivity contribution in [2.24, 2.45) is 0 Å². The molecule has 0 aromatic carbocycles. The van der Waals surface area contributed by atoms with Crippen LogP contribution in [0, 0.1) is 0 Å². The van der Waals surface area contributed by atoms with Crippen LogP contribution < -0.4 is 0 Å². The molecule has 0 aliphatic heterocycles. The fourth-order valence-electron chi connectivity index (χ4n) is 1.97. The van der Waals surface area contributed by atoms with Gasteiger partial charge in [0.15, 0.2) is 0 Å². The SMILES string of the molecule is CCCCCCCCC(OCCCC)C(C)O. The molecule has 0 radical (unpaired) electrons. The normalized spacial score (nSPS) is 14.8. The summed E-state index contributed by atoms with van der Waals surface area (Å²) >= 11 is 0. The highest BCUT2D eigenvalue weighted by atomic mass is 16.5. The van der Waals surface area contributed by atoms with Gasteiger partial charge >= 0.3 is 0 Å². The van der Waals surface area contributed by atoms with Gasteiger partial charge in [-0.05, 0) is 19.8 Å². The molecule has 17 heavy (non-hydrogen) atoms. The van der Waals surface area contributed by atoms with E-state index in [1.54, 1.807) is 0 Å². The molecule has 0 aromatic rings. The van der Waals surface area contributed by atoms with Gasteiger partial charge in [0, 0.05) is 6.61 Å². The number of rotatable bonds is 12. The first-order valence-corrected chi connectivity index (χ1v) is 7.52. The Morgan fingerprint density at radius 1 is 0.882 bits per heavy atom. The van der Waals surface area contributed by atoms with E-state index in [4.69, 9.17) is 4.74 Å². The fourth-order valence-corrected chi connectivity index (χ4v) is 1.97. The van der Waals surface area contributed by atoms with E-state index in [1.807, 2.05) is 6.92 Å². The molecule has 2 unspecified atom stereocenters. The molecule has 0 saturated heterocycles. The Bertz CT molecular complexity index is 146. The van der Waals surface area contributed by atoms with Crippen molar-refractivity contribution in [2.45, 2.75) is 90.8 Å². The van der Waals surface area contributed by atoms with Gasteiger partial charge in [0.2, 0.25) is 0 Å². The smallest absolute Gasteiger partial charge is 0.0831 e. The van der Waals surface area contributed by atoms with Crippen LogP contribution in [-0.2, 0) is 4.74 Å². The van der Waals surface area contributed by atoms with Crippen molar-refractivity contribution in [3.05, 3.63) is 0 Å².